The molecule has 0 saturated heterocycles. The number of aromatic carboxylic acids is 1. The Labute approximate surface area is 71.8 Å². The molecule has 13 heavy (non-hydrogen) atoms. The van der Waals surface area contributed by atoms with Crippen LogP contribution in [0.15, 0.2) is 27.7 Å². The van der Waals surface area contributed by atoms with Gasteiger partial charge in [-0.1, -0.05) is 5.16 Å². The van der Waals surface area contributed by atoms with Gasteiger partial charge in [0.05, 0.1) is 12.4 Å². The number of nitrogens with zero attached hydrogens (tertiary/aromatic N) is 2. The van der Waals surface area contributed by atoms with Crippen LogP contribution in [0.2, 0.25) is 0 Å². The van der Waals surface area contributed by atoms with Gasteiger partial charge in [-0.2, -0.15) is 0 Å². The summed E-state index contributed by atoms with van der Waals surface area (Å²) in [5.41, 5.74) is -0.0447. The molecule has 0 fully saturated rings. The molecule has 0 aromatic carbocycles. The molecule has 0 aliphatic rings. The summed E-state index contributed by atoms with van der Waals surface area (Å²) in [6.07, 6.45) is 3.65. The lowest BCUT2D eigenvalue weighted by atomic mass is 10.2. The largest absolute Gasteiger partial charge is 0.477 e. The molecule has 0 atom stereocenters. The molecule has 0 aliphatic carbocycles. The van der Waals surface area contributed by atoms with Crippen LogP contribution in [-0.4, -0.2) is 21.2 Å². The second-order valence-electron chi connectivity index (χ2n) is 2.24. The zero-order valence-corrected chi connectivity index (χ0v) is 6.30. The van der Waals surface area contributed by atoms with Gasteiger partial charge in [0.1, 0.15) is 5.56 Å². The highest BCUT2D eigenvalue weighted by Gasteiger charge is 2.18. The molecular formula is C7H4N2O4. The topological polar surface area (TPSA) is 89.4 Å². The normalized spacial score (nSPS) is 10.2. The molecule has 0 saturated carbocycles. The fourth-order valence-corrected chi connectivity index (χ4v) is 0.898. The van der Waals surface area contributed by atoms with E-state index in [2.05, 4.69) is 10.1 Å². The van der Waals surface area contributed by atoms with E-state index in [1.807, 2.05) is 0 Å². The number of carbonyl (C=O) groups is 1. The minimum absolute atomic E-state index is 0.0447. The molecule has 2 rings (SSSR count). The smallest absolute Gasteiger partial charge is 0.341 e. The summed E-state index contributed by atoms with van der Waals surface area (Å²) < 4.78 is 9.57. The average Bonchev–Trinajstić information content (AvgIpc) is 2.74. The minimum atomic E-state index is -1.12. The maximum Gasteiger partial charge on any atom is 0.341 e. The van der Waals surface area contributed by atoms with Crippen molar-refractivity contribution in [3.8, 4) is 11.5 Å². The second-order valence-corrected chi connectivity index (χ2v) is 2.24. The molecule has 1 N–H and O–H groups in total. The number of carboxylic acid groups (broad SMARTS) is 1. The zero-order chi connectivity index (χ0) is 9.26. The lowest BCUT2D eigenvalue weighted by molar-refractivity contribution is 0.0697. The van der Waals surface area contributed by atoms with Crippen LogP contribution in [0.3, 0.4) is 0 Å². The van der Waals surface area contributed by atoms with E-state index in [4.69, 9.17) is 14.0 Å². The molecule has 0 amide bonds. The van der Waals surface area contributed by atoms with E-state index in [0.717, 1.165) is 6.20 Å². The number of hydrogen-bond acceptors (Lipinski definition) is 5. The van der Waals surface area contributed by atoms with Crippen molar-refractivity contribution in [1.82, 2.24) is 10.1 Å². The molecule has 0 aliphatic heterocycles. The number of oxazole rings is 1. The lowest BCUT2D eigenvalue weighted by Crippen LogP contribution is -1.95. The van der Waals surface area contributed by atoms with Crippen molar-refractivity contribution in [3.05, 3.63) is 24.4 Å². The molecule has 0 unspecified atom stereocenters. The van der Waals surface area contributed by atoms with Crippen LogP contribution in [0.5, 0.6) is 0 Å². The third kappa shape index (κ3) is 1.18. The standard InChI is InChI=1S/C7H4N2O4/c10-7(11)4-1-9-13-6(4)5-2-8-3-12-5/h1-3H,(H,10,11). The summed E-state index contributed by atoms with van der Waals surface area (Å²) in [6, 6.07) is 0. The molecule has 66 valence electrons. The van der Waals surface area contributed by atoms with E-state index >= 15 is 0 Å². The van der Waals surface area contributed by atoms with Crippen molar-refractivity contribution in [2.45, 2.75) is 0 Å². The van der Waals surface area contributed by atoms with E-state index in [1.165, 1.54) is 12.6 Å². The first-order valence-corrected chi connectivity index (χ1v) is 3.36. The second kappa shape index (κ2) is 2.74. The highest BCUT2D eigenvalue weighted by Crippen LogP contribution is 2.22. The van der Waals surface area contributed by atoms with Crippen molar-refractivity contribution in [3.63, 3.8) is 0 Å². The number of carboxylic acids is 1. The molecular weight excluding hydrogens is 176 g/mol. The molecule has 0 spiro atoms. The monoisotopic (exact) mass is 180 g/mol. The maximum atomic E-state index is 10.6. The quantitative estimate of drug-likeness (QED) is 0.742. The summed E-state index contributed by atoms with van der Waals surface area (Å²) in [4.78, 5) is 14.2. The third-order valence-electron chi connectivity index (χ3n) is 1.46. The SMILES string of the molecule is O=C(O)c1cnoc1-c1cnco1. The zero-order valence-electron chi connectivity index (χ0n) is 6.30. The van der Waals surface area contributed by atoms with E-state index < -0.39 is 5.97 Å². The first-order chi connectivity index (χ1) is 6.29. The van der Waals surface area contributed by atoms with Gasteiger partial charge < -0.3 is 14.0 Å². The van der Waals surface area contributed by atoms with Crippen molar-refractivity contribution >= 4 is 5.97 Å². The first kappa shape index (κ1) is 7.53. The Kier molecular flexibility index (Phi) is 1.59. The van der Waals surface area contributed by atoms with Gasteiger partial charge in [-0.15, -0.1) is 0 Å². The fraction of sp³-hybridized carbons (Fsp3) is 0. The summed E-state index contributed by atoms with van der Waals surface area (Å²) in [5.74, 6) is -0.799. The summed E-state index contributed by atoms with van der Waals surface area (Å²) >= 11 is 0. The Balaban J connectivity index is 2.52. The molecule has 6 nitrogen and oxygen atoms in total. The number of rotatable bonds is 2. The lowest BCUT2D eigenvalue weighted by Gasteiger charge is -1.89. The van der Waals surface area contributed by atoms with Crippen LogP contribution >= 0.6 is 0 Å². The van der Waals surface area contributed by atoms with Crippen LogP contribution in [0.1, 0.15) is 10.4 Å². The average molecular weight is 180 g/mol. The van der Waals surface area contributed by atoms with E-state index in [-0.39, 0.29) is 17.1 Å². The van der Waals surface area contributed by atoms with Gasteiger partial charge in [-0.3, -0.25) is 0 Å². The van der Waals surface area contributed by atoms with Crippen molar-refractivity contribution in [2.24, 2.45) is 0 Å². The molecule has 2 heterocycles. The number of aromatic nitrogens is 2. The highest BCUT2D eigenvalue weighted by molar-refractivity contribution is 5.93. The van der Waals surface area contributed by atoms with Crippen LogP contribution in [0.4, 0.5) is 0 Å². The Bertz CT molecular complexity index is 417. The van der Waals surface area contributed by atoms with E-state index in [0.29, 0.717) is 0 Å². The molecule has 2 aromatic rings. The predicted octanol–water partition coefficient (Wildman–Crippen LogP) is 1.03. The highest BCUT2D eigenvalue weighted by atomic mass is 16.5. The Morgan fingerprint density at radius 2 is 2.31 bits per heavy atom. The Morgan fingerprint density at radius 3 is 2.92 bits per heavy atom. The molecule has 2 aromatic heterocycles. The van der Waals surface area contributed by atoms with Crippen LogP contribution < -0.4 is 0 Å². The Hall–Kier alpha value is -2.11. The third-order valence-corrected chi connectivity index (χ3v) is 1.46. The number of hydrogen-bond donors (Lipinski definition) is 1. The van der Waals surface area contributed by atoms with Gasteiger partial charge in [0, 0.05) is 0 Å². The summed E-state index contributed by atoms with van der Waals surface area (Å²) in [5, 5.41) is 12.0. The van der Waals surface area contributed by atoms with Crippen LogP contribution in [-0.2, 0) is 0 Å². The molecule has 6 heteroatoms. The molecule has 0 radical (unpaired) electrons. The first-order valence-electron chi connectivity index (χ1n) is 3.36. The van der Waals surface area contributed by atoms with Crippen molar-refractivity contribution in [1.29, 1.82) is 0 Å². The van der Waals surface area contributed by atoms with Gasteiger partial charge in [-0.25, -0.2) is 9.78 Å². The van der Waals surface area contributed by atoms with E-state index in [1.54, 1.807) is 0 Å². The Morgan fingerprint density at radius 1 is 1.46 bits per heavy atom. The predicted molar refractivity (Wildman–Crippen MR) is 39.0 cm³/mol. The minimum Gasteiger partial charge on any atom is -0.477 e. The van der Waals surface area contributed by atoms with E-state index in [9.17, 15) is 4.79 Å². The van der Waals surface area contributed by atoms with Crippen molar-refractivity contribution < 1.29 is 18.8 Å². The van der Waals surface area contributed by atoms with Gasteiger partial charge in [0.2, 0.25) is 5.76 Å². The fourth-order valence-electron chi connectivity index (χ4n) is 0.898. The molecule has 0 bridgehead atoms. The van der Waals surface area contributed by atoms with Gasteiger partial charge in [0.25, 0.3) is 0 Å². The maximum absolute atomic E-state index is 10.6. The van der Waals surface area contributed by atoms with Gasteiger partial charge in [0.15, 0.2) is 12.2 Å². The van der Waals surface area contributed by atoms with Crippen molar-refractivity contribution in [2.75, 3.05) is 0 Å². The van der Waals surface area contributed by atoms with Crippen LogP contribution in [0, 0.1) is 0 Å². The van der Waals surface area contributed by atoms with Gasteiger partial charge in [-0.05, 0) is 0 Å². The van der Waals surface area contributed by atoms with Gasteiger partial charge >= 0.3 is 5.97 Å². The summed E-state index contributed by atoms with van der Waals surface area (Å²) in [7, 11) is 0. The summed E-state index contributed by atoms with van der Waals surface area (Å²) in [6.45, 7) is 0. The van der Waals surface area contributed by atoms with Crippen LogP contribution in [0.25, 0.3) is 11.5 Å².